The van der Waals surface area contributed by atoms with Crippen LogP contribution in [0.15, 0.2) is 30.8 Å². The maximum atomic E-state index is 3.74. The quantitative estimate of drug-likeness (QED) is 0.748. The number of hydrogen-bond donors (Lipinski definition) is 1. The zero-order valence-electron chi connectivity index (χ0n) is 9.09. The van der Waals surface area contributed by atoms with E-state index in [0.29, 0.717) is 6.04 Å². The van der Waals surface area contributed by atoms with E-state index in [4.69, 9.17) is 0 Å². The van der Waals surface area contributed by atoms with Gasteiger partial charge in [-0.25, -0.2) is 0 Å². The summed E-state index contributed by atoms with van der Waals surface area (Å²) in [4.78, 5) is 0. The summed E-state index contributed by atoms with van der Waals surface area (Å²) in [6, 6.07) is 8.96. The maximum Gasteiger partial charge on any atom is 0.0291 e. The Morgan fingerprint density at radius 2 is 2.00 bits per heavy atom. The largest absolute Gasteiger partial charge is 0.310 e. The standard InChI is InChI=1S/C13H19N/c1-4-10-14-11(3)13-8-6-12(5-2)7-9-13/h5-9,11,14H,2,4,10H2,1,3H3. The zero-order chi connectivity index (χ0) is 10.4. The van der Waals surface area contributed by atoms with E-state index in [-0.39, 0.29) is 0 Å². The molecule has 0 aliphatic carbocycles. The molecule has 0 amide bonds. The third kappa shape index (κ3) is 3.00. The van der Waals surface area contributed by atoms with E-state index >= 15 is 0 Å². The summed E-state index contributed by atoms with van der Waals surface area (Å²) >= 11 is 0. The van der Waals surface area contributed by atoms with Crippen molar-refractivity contribution in [2.75, 3.05) is 6.54 Å². The van der Waals surface area contributed by atoms with Gasteiger partial charge in [-0.15, -0.1) is 0 Å². The van der Waals surface area contributed by atoms with E-state index in [9.17, 15) is 0 Å². The summed E-state index contributed by atoms with van der Waals surface area (Å²) in [6.07, 6.45) is 3.04. The van der Waals surface area contributed by atoms with Gasteiger partial charge in [0.2, 0.25) is 0 Å². The van der Waals surface area contributed by atoms with Gasteiger partial charge in [-0.2, -0.15) is 0 Å². The van der Waals surface area contributed by atoms with E-state index < -0.39 is 0 Å². The fourth-order valence-corrected chi connectivity index (χ4v) is 1.40. The van der Waals surface area contributed by atoms with Crippen molar-refractivity contribution in [3.05, 3.63) is 42.0 Å². The topological polar surface area (TPSA) is 12.0 Å². The fourth-order valence-electron chi connectivity index (χ4n) is 1.40. The molecule has 1 atom stereocenters. The van der Waals surface area contributed by atoms with Crippen molar-refractivity contribution in [1.29, 1.82) is 0 Å². The highest BCUT2D eigenvalue weighted by Gasteiger charge is 2.02. The molecule has 1 nitrogen and oxygen atoms in total. The van der Waals surface area contributed by atoms with Crippen LogP contribution in [0.2, 0.25) is 0 Å². The molecule has 0 saturated heterocycles. The van der Waals surface area contributed by atoms with Crippen LogP contribution >= 0.6 is 0 Å². The Morgan fingerprint density at radius 3 is 2.50 bits per heavy atom. The summed E-state index contributed by atoms with van der Waals surface area (Å²) in [5, 5.41) is 3.46. The first-order valence-electron chi connectivity index (χ1n) is 5.23. The van der Waals surface area contributed by atoms with Gasteiger partial charge in [-0.05, 0) is 31.0 Å². The number of rotatable bonds is 5. The van der Waals surface area contributed by atoms with Gasteiger partial charge < -0.3 is 5.32 Å². The maximum absolute atomic E-state index is 3.74. The molecule has 0 spiro atoms. The third-order valence-corrected chi connectivity index (χ3v) is 2.37. The molecule has 0 aliphatic heterocycles. The van der Waals surface area contributed by atoms with E-state index in [1.54, 1.807) is 0 Å². The monoisotopic (exact) mass is 189 g/mol. The molecule has 14 heavy (non-hydrogen) atoms. The number of nitrogens with one attached hydrogen (secondary N) is 1. The van der Waals surface area contributed by atoms with E-state index in [0.717, 1.165) is 6.54 Å². The molecule has 0 aromatic heterocycles. The lowest BCUT2D eigenvalue weighted by Crippen LogP contribution is -2.19. The van der Waals surface area contributed by atoms with Crippen LogP contribution in [0.1, 0.15) is 37.4 Å². The smallest absolute Gasteiger partial charge is 0.0291 e. The summed E-state index contributed by atoms with van der Waals surface area (Å²) in [5.74, 6) is 0. The first kappa shape index (κ1) is 11.0. The van der Waals surface area contributed by atoms with Crippen LogP contribution in [-0.2, 0) is 0 Å². The highest BCUT2D eigenvalue weighted by molar-refractivity contribution is 5.47. The number of hydrogen-bond acceptors (Lipinski definition) is 1. The third-order valence-electron chi connectivity index (χ3n) is 2.37. The van der Waals surface area contributed by atoms with E-state index in [1.165, 1.54) is 17.5 Å². The molecular formula is C13H19N. The Bertz CT molecular complexity index is 274. The minimum atomic E-state index is 0.439. The molecular weight excluding hydrogens is 170 g/mol. The van der Waals surface area contributed by atoms with Crippen molar-refractivity contribution in [2.45, 2.75) is 26.3 Å². The average molecular weight is 189 g/mol. The van der Waals surface area contributed by atoms with Crippen LogP contribution in [0, 0.1) is 0 Å². The number of benzene rings is 1. The van der Waals surface area contributed by atoms with Crippen LogP contribution in [0.5, 0.6) is 0 Å². The molecule has 1 rings (SSSR count). The highest BCUT2D eigenvalue weighted by atomic mass is 14.9. The van der Waals surface area contributed by atoms with Crippen molar-refractivity contribution in [3.63, 3.8) is 0 Å². The lowest BCUT2D eigenvalue weighted by molar-refractivity contribution is 0.571. The van der Waals surface area contributed by atoms with Crippen LogP contribution in [0.25, 0.3) is 6.08 Å². The van der Waals surface area contributed by atoms with Gasteiger partial charge in [0.15, 0.2) is 0 Å². The molecule has 0 radical (unpaired) electrons. The summed E-state index contributed by atoms with van der Waals surface area (Å²) in [5.41, 5.74) is 2.51. The SMILES string of the molecule is C=Cc1ccc(C(C)NCCC)cc1. The molecule has 1 N–H and O–H groups in total. The first-order valence-corrected chi connectivity index (χ1v) is 5.23. The van der Waals surface area contributed by atoms with Gasteiger partial charge in [0.25, 0.3) is 0 Å². The van der Waals surface area contributed by atoms with Gasteiger partial charge in [-0.1, -0.05) is 43.8 Å². The normalized spacial score (nSPS) is 12.4. The fraction of sp³-hybridized carbons (Fsp3) is 0.385. The lowest BCUT2D eigenvalue weighted by Gasteiger charge is -2.13. The minimum Gasteiger partial charge on any atom is -0.310 e. The van der Waals surface area contributed by atoms with Crippen molar-refractivity contribution in [1.82, 2.24) is 5.32 Å². The first-order chi connectivity index (χ1) is 6.77. The zero-order valence-corrected chi connectivity index (χ0v) is 9.09. The Balaban J connectivity index is 2.61. The van der Waals surface area contributed by atoms with Crippen LogP contribution in [0.3, 0.4) is 0 Å². The Kier molecular flexibility index (Phi) is 4.41. The van der Waals surface area contributed by atoms with E-state index in [1.807, 2.05) is 6.08 Å². The molecule has 1 unspecified atom stereocenters. The van der Waals surface area contributed by atoms with E-state index in [2.05, 4.69) is 50.0 Å². The highest BCUT2D eigenvalue weighted by Crippen LogP contribution is 2.13. The lowest BCUT2D eigenvalue weighted by atomic mass is 10.1. The summed E-state index contributed by atoms with van der Waals surface area (Å²) < 4.78 is 0. The molecule has 0 fully saturated rings. The predicted molar refractivity (Wildman–Crippen MR) is 63.2 cm³/mol. The average Bonchev–Trinajstić information content (AvgIpc) is 2.26. The molecule has 0 heterocycles. The van der Waals surface area contributed by atoms with Crippen molar-refractivity contribution < 1.29 is 0 Å². The Hall–Kier alpha value is -1.08. The van der Waals surface area contributed by atoms with Gasteiger partial charge in [0.1, 0.15) is 0 Å². The van der Waals surface area contributed by atoms with Crippen LogP contribution in [-0.4, -0.2) is 6.54 Å². The van der Waals surface area contributed by atoms with Crippen molar-refractivity contribution in [3.8, 4) is 0 Å². The van der Waals surface area contributed by atoms with Gasteiger partial charge >= 0.3 is 0 Å². The molecule has 0 aliphatic rings. The van der Waals surface area contributed by atoms with Gasteiger partial charge in [0.05, 0.1) is 0 Å². The second-order valence-electron chi connectivity index (χ2n) is 3.55. The Labute approximate surface area is 86.8 Å². The summed E-state index contributed by atoms with van der Waals surface area (Å²) in [7, 11) is 0. The van der Waals surface area contributed by atoms with Gasteiger partial charge in [-0.3, -0.25) is 0 Å². The van der Waals surface area contributed by atoms with Crippen LogP contribution in [0.4, 0.5) is 0 Å². The Morgan fingerprint density at radius 1 is 1.36 bits per heavy atom. The molecule has 0 bridgehead atoms. The van der Waals surface area contributed by atoms with Crippen molar-refractivity contribution >= 4 is 6.08 Å². The second-order valence-corrected chi connectivity index (χ2v) is 3.55. The second kappa shape index (κ2) is 5.61. The molecule has 1 aromatic rings. The molecule has 0 saturated carbocycles. The van der Waals surface area contributed by atoms with Crippen molar-refractivity contribution in [2.24, 2.45) is 0 Å². The predicted octanol–water partition coefficient (Wildman–Crippen LogP) is 3.39. The van der Waals surface area contributed by atoms with Crippen LogP contribution < -0.4 is 5.32 Å². The van der Waals surface area contributed by atoms with Gasteiger partial charge in [0, 0.05) is 6.04 Å². The minimum absolute atomic E-state index is 0.439. The molecule has 1 aromatic carbocycles. The molecule has 1 heteroatoms. The summed E-state index contributed by atoms with van der Waals surface area (Å²) in [6.45, 7) is 9.19. The molecule has 76 valence electrons.